The lowest BCUT2D eigenvalue weighted by Gasteiger charge is -2.22. The molecule has 1 aromatic heterocycles. The van der Waals surface area contributed by atoms with Crippen LogP contribution in [0.1, 0.15) is 24.1 Å². The van der Waals surface area contributed by atoms with Crippen molar-refractivity contribution in [2.75, 3.05) is 11.5 Å². The van der Waals surface area contributed by atoms with E-state index in [1.54, 1.807) is 0 Å². The topological polar surface area (TPSA) is 69.0 Å². The smallest absolute Gasteiger partial charge is 0.267 e. The Morgan fingerprint density at radius 1 is 1.33 bits per heavy atom. The molecule has 118 valence electrons. The lowest BCUT2D eigenvalue weighted by atomic mass is 10.0. The molecule has 1 aliphatic rings. The van der Waals surface area contributed by atoms with Gasteiger partial charge in [-0.05, 0) is 31.7 Å². The van der Waals surface area contributed by atoms with Crippen molar-refractivity contribution in [3.05, 3.63) is 27.7 Å². The molecule has 0 N–H and O–H groups in total. The fraction of sp³-hybridized carbons (Fsp3) is 0.667. The molecule has 2 heterocycles. The second-order valence-electron chi connectivity index (χ2n) is 5.28. The summed E-state index contributed by atoms with van der Waals surface area (Å²) in [5.41, 5.74) is -2.31. The Kier molecular flexibility index (Phi) is 4.14. The largest absolute Gasteiger partial charge is 0.421 e. The van der Waals surface area contributed by atoms with Crippen LogP contribution in [-0.4, -0.2) is 29.7 Å². The number of aromatic nitrogens is 2. The van der Waals surface area contributed by atoms with Gasteiger partial charge in [-0.25, -0.2) is 13.1 Å². The normalized spacial score (nSPS) is 19.6. The Morgan fingerprint density at radius 2 is 1.90 bits per heavy atom. The quantitative estimate of drug-likeness (QED) is 0.824. The molecule has 0 amide bonds. The van der Waals surface area contributed by atoms with Crippen LogP contribution >= 0.6 is 0 Å². The van der Waals surface area contributed by atoms with Gasteiger partial charge in [0.25, 0.3) is 5.56 Å². The molecule has 0 aromatic carbocycles. The fourth-order valence-electron chi connectivity index (χ4n) is 2.37. The molecule has 1 fully saturated rings. The van der Waals surface area contributed by atoms with Crippen LogP contribution in [0.5, 0.6) is 0 Å². The summed E-state index contributed by atoms with van der Waals surface area (Å²) in [4.78, 5) is 11.8. The molecule has 9 heteroatoms. The van der Waals surface area contributed by atoms with Crippen LogP contribution in [0.15, 0.2) is 10.9 Å². The van der Waals surface area contributed by atoms with E-state index in [4.69, 9.17) is 0 Å². The van der Waals surface area contributed by atoms with Gasteiger partial charge >= 0.3 is 6.18 Å². The van der Waals surface area contributed by atoms with E-state index in [9.17, 15) is 26.4 Å². The molecule has 0 aliphatic carbocycles. The predicted molar refractivity (Wildman–Crippen MR) is 69.6 cm³/mol. The first kappa shape index (κ1) is 16.0. The van der Waals surface area contributed by atoms with E-state index in [-0.39, 0.29) is 29.7 Å². The third kappa shape index (κ3) is 3.84. The van der Waals surface area contributed by atoms with Crippen molar-refractivity contribution in [2.24, 2.45) is 5.92 Å². The number of hydrogen-bond donors (Lipinski definition) is 0. The van der Waals surface area contributed by atoms with Gasteiger partial charge in [0.05, 0.1) is 17.2 Å². The highest BCUT2D eigenvalue weighted by molar-refractivity contribution is 7.91. The van der Waals surface area contributed by atoms with Crippen molar-refractivity contribution in [1.82, 2.24) is 9.78 Å². The zero-order valence-electron chi connectivity index (χ0n) is 11.4. The molecule has 0 bridgehead atoms. The number of alkyl halides is 3. The van der Waals surface area contributed by atoms with Gasteiger partial charge in [-0.2, -0.15) is 18.3 Å². The fourth-order valence-corrected chi connectivity index (χ4v) is 3.96. The Balaban J connectivity index is 2.25. The van der Waals surface area contributed by atoms with Crippen LogP contribution in [0.2, 0.25) is 0 Å². The number of halogens is 3. The molecule has 1 aromatic rings. The van der Waals surface area contributed by atoms with E-state index < -0.39 is 27.1 Å². The molecule has 2 rings (SSSR count). The van der Waals surface area contributed by atoms with E-state index in [2.05, 4.69) is 5.10 Å². The molecule has 0 spiro atoms. The van der Waals surface area contributed by atoms with Crippen LogP contribution < -0.4 is 5.56 Å². The second kappa shape index (κ2) is 5.43. The van der Waals surface area contributed by atoms with Crippen molar-refractivity contribution >= 4 is 9.84 Å². The number of hydrogen-bond acceptors (Lipinski definition) is 4. The average Bonchev–Trinajstić information content (AvgIpc) is 2.34. The molecule has 21 heavy (non-hydrogen) atoms. The molecular formula is C12H15F3N2O3S. The van der Waals surface area contributed by atoms with E-state index >= 15 is 0 Å². The third-order valence-electron chi connectivity index (χ3n) is 3.51. The van der Waals surface area contributed by atoms with Crippen molar-refractivity contribution in [3.63, 3.8) is 0 Å². The van der Waals surface area contributed by atoms with Gasteiger partial charge in [-0.3, -0.25) is 4.79 Å². The predicted octanol–water partition coefficient (Wildman–Crippen LogP) is 1.40. The maximum absolute atomic E-state index is 12.8. The first-order valence-electron chi connectivity index (χ1n) is 6.45. The van der Waals surface area contributed by atoms with Crippen molar-refractivity contribution in [3.8, 4) is 0 Å². The van der Waals surface area contributed by atoms with E-state index in [0.29, 0.717) is 12.8 Å². The summed E-state index contributed by atoms with van der Waals surface area (Å²) in [6.07, 6.45) is -4.04. The van der Waals surface area contributed by atoms with Gasteiger partial charge < -0.3 is 0 Å². The Labute approximate surface area is 119 Å². The van der Waals surface area contributed by atoms with Gasteiger partial charge in [0.1, 0.15) is 15.4 Å². The Hall–Kier alpha value is -1.38. The Morgan fingerprint density at radius 3 is 2.43 bits per heavy atom. The molecule has 0 saturated carbocycles. The molecule has 0 atom stereocenters. The summed E-state index contributed by atoms with van der Waals surface area (Å²) in [5, 5.41) is 3.83. The van der Waals surface area contributed by atoms with Gasteiger partial charge in [0.2, 0.25) is 0 Å². The van der Waals surface area contributed by atoms with Gasteiger partial charge in [-0.1, -0.05) is 0 Å². The third-order valence-corrected chi connectivity index (χ3v) is 5.22. The van der Waals surface area contributed by atoms with Crippen LogP contribution in [0, 0.1) is 12.8 Å². The molecule has 5 nitrogen and oxygen atoms in total. The minimum Gasteiger partial charge on any atom is -0.267 e. The number of nitrogens with zero attached hydrogens (tertiary/aromatic N) is 2. The summed E-state index contributed by atoms with van der Waals surface area (Å²) in [7, 11) is -3.05. The monoisotopic (exact) mass is 324 g/mol. The number of sulfone groups is 1. The maximum Gasteiger partial charge on any atom is 0.421 e. The first-order chi connectivity index (χ1) is 9.58. The minimum absolute atomic E-state index is 0.00433. The second-order valence-corrected chi connectivity index (χ2v) is 7.58. The molecule has 0 unspecified atom stereocenters. The van der Waals surface area contributed by atoms with Crippen molar-refractivity contribution < 1.29 is 21.6 Å². The van der Waals surface area contributed by atoms with Crippen molar-refractivity contribution in [2.45, 2.75) is 32.5 Å². The van der Waals surface area contributed by atoms with E-state index in [1.807, 2.05) is 0 Å². The highest BCUT2D eigenvalue weighted by Gasteiger charge is 2.35. The standard InChI is InChI=1S/C12H15F3N2O3S/c1-8-6-10(12(13,14)15)11(18)17(16-8)7-9-2-4-21(19,20)5-3-9/h6,9H,2-5,7H2,1H3. The highest BCUT2D eigenvalue weighted by atomic mass is 32.2. The average molecular weight is 324 g/mol. The van der Waals surface area contributed by atoms with Gasteiger partial charge in [-0.15, -0.1) is 0 Å². The van der Waals surface area contributed by atoms with Crippen LogP contribution in [0.4, 0.5) is 13.2 Å². The van der Waals surface area contributed by atoms with Crippen molar-refractivity contribution in [1.29, 1.82) is 0 Å². The van der Waals surface area contributed by atoms with Gasteiger partial charge in [0.15, 0.2) is 0 Å². The van der Waals surface area contributed by atoms with E-state index in [1.165, 1.54) is 6.92 Å². The summed E-state index contributed by atoms with van der Waals surface area (Å²) in [6.45, 7) is 1.40. The summed E-state index contributed by atoms with van der Waals surface area (Å²) in [6, 6.07) is 0.726. The van der Waals surface area contributed by atoms with E-state index in [0.717, 1.165) is 10.7 Å². The molecule has 1 saturated heterocycles. The van der Waals surface area contributed by atoms with Crippen LogP contribution in [0.25, 0.3) is 0 Å². The SMILES string of the molecule is Cc1cc(C(F)(F)F)c(=O)n(CC2CCS(=O)(=O)CC2)n1. The lowest BCUT2D eigenvalue weighted by molar-refractivity contribution is -0.139. The minimum atomic E-state index is -4.72. The highest BCUT2D eigenvalue weighted by Crippen LogP contribution is 2.27. The Bertz CT molecular complexity index is 681. The molecule has 1 aliphatic heterocycles. The van der Waals surface area contributed by atoms with Gasteiger partial charge in [0, 0.05) is 6.54 Å². The lowest BCUT2D eigenvalue weighted by Crippen LogP contribution is -2.35. The summed E-state index contributed by atoms with van der Waals surface area (Å²) >= 11 is 0. The van der Waals surface area contributed by atoms with Crippen LogP contribution in [-0.2, 0) is 22.6 Å². The summed E-state index contributed by atoms with van der Waals surface area (Å²) < 4.78 is 61.8. The number of rotatable bonds is 2. The first-order valence-corrected chi connectivity index (χ1v) is 8.27. The number of aryl methyl sites for hydroxylation is 1. The summed E-state index contributed by atoms with van der Waals surface area (Å²) in [5.74, 6) is -0.143. The molecule has 0 radical (unpaired) electrons. The molecular weight excluding hydrogens is 309 g/mol. The van der Waals surface area contributed by atoms with Crippen LogP contribution in [0.3, 0.4) is 0 Å². The zero-order valence-corrected chi connectivity index (χ0v) is 12.2. The zero-order chi connectivity index (χ0) is 15.8. The maximum atomic E-state index is 12.8.